The zero-order valence-corrected chi connectivity index (χ0v) is 11.6. The first-order valence-electron chi connectivity index (χ1n) is 6.45. The summed E-state index contributed by atoms with van der Waals surface area (Å²) < 4.78 is 33.7. The lowest BCUT2D eigenvalue weighted by Crippen LogP contribution is -2.35. The van der Waals surface area contributed by atoms with Crippen molar-refractivity contribution in [2.24, 2.45) is 5.73 Å². The number of nitrogens with one attached hydrogen (secondary N) is 1. The average molecular weight is 288 g/mol. The standard InChI is InChI=1S/C11H20N4O3S/c12-4-5-15-9-11(8-13-15)19(16,17)14-7-10-3-1-2-6-18-10/h8-10,14H,1-7,12H2. The Balaban J connectivity index is 1.92. The third-order valence-corrected chi connectivity index (χ3v) is 4.43. The van der Waals surface area contributed by atoms with Gasteiger partial charge in [-0.3, -0.25) is 4.68 Å². The van der Waals surface area contributed by atoms with Crippen LogP contribution in [0.5, 0.6) is 0 Å². The maximum Gasteiger partial charge on any atom is 0.243 e. The minimum Gasteiger partial charge on any atom is -0.377 e. The Morgan fingerprint density at radius 1 is 1.53 bits per heavy atom. The Morgan fingerprint density at radius 3 is 3.05 bits per heavy atom. The van der Waals surface area contributed by atoms with Crippen molar-refractivity contribution in [3.8, 4) is 0 Å². The molecule has 1 unspecified atom stereocenters. The smallest absolute Gasteiger partial charge is 0.243 e. The van der Waals surface area contributed by atoms with E-state index in [1.165, 1.54) is 17.1 Å². The lowest BCUT2D eigenvalue weighted by Gasteiger charge is -2.22. The number of hydrogen-bond donors (Lipinski definition) is 2. The molecule has 0 bridgehead atoms. The van der Waals surface area contributed by atoms with Gasteiger partial charge in [-0.15, -0.1) is 0 Å². The van der Waals surface area contributed by atoms with Gasteiger partial charge in [0, 0.05) is 25.9 Å². The highest BCUT2D eigenvalue weighted by Crippen LogP contribution is 2.13. The molecule has 8 heteroatoms. The van der Waals surface area contributed by atoms with Crippen LogP contribution in [0.15, 0.2) is 17.3 Å². The summed E-state index contributed by atoms with van der Waals surface area (Å²) in [5.41, 5.74) is 5.39. The van der Waals surface area contributed by atoms with E-state index in [9.17, 15) is 8.42 Å². The molecule has 1 aliphatic heterocycles. The molecule has 1 aliphatic rings. The molecule has 0 saturated carbocycles. The van der Waals surface area contributed by atoms with Crippen molar-refractivity contribution in [1.29, 1.82) is 0 Å². The summed E-state index contributed by atoms with van der Waals surface area (Å²) in [4.78, 5) is 0.164. The van der Waals surface area contributed by atoms with Crippen LogP contribution in [0, 0.1) is 0 Å². The van der Waals surface area contributed by atoms with Gasteiger partial charge < -0.3 is 10.5 Å². The number of ether oxygens (including phenoxy) is 1. The van der Waals surface area contributed by atoms with Gasteiger partial charge in [0.15, 0.2) is 0 Å². The number of sulfonamides is 1. The molecular weight excluding hydrogens is 268 g/mol. The van der Waals surface area contributed by atoms with Crippen molar-refractivity contribution >= 4 is 10.0 Å². The fraction of sp³-hybridized carbons (Fsp3) is 0.727. The minimum atomic E-state index is -3.51. The van der Waals surface area contributed by atoms with Gasteiger partial charge >= 0.3 is 0 Å². The summed E-state index contributed by atoms with van der Waals surface area (Å²) in [6.45, 7) is 1.94. The van der Waals surface area contributed by atoms with E-state index in [2.05, 4.69) is 9.82 Å². The number of nitrogens with two attached hydrogens (primary N) is 1. The highest BCUT2D eigenvalue weighted by Gasteiger charge is 2.20. The Bertz CT molecular complexity index is 494. The largest absolute Gasteiger partial charge is 0.377 e. The lowest BCUT2D eigenvalue weighted by atomic mass is 10.1. The number of rotatable bonds is 6. The molecule has 108 valence electrons. The average Bonchev–Trinajstić information content (AvgIpc) is 2.88. The van der Waals surface area contributed by atoms with E-state index in [4.69, 9.17) is 10.5 Å². The number of nitrogens with zero attached hydrogens (tertiary/aromatic N) is 2. The highest BCUT2D eigenvalue weighted by molar-refractivity contribution is 7.89. The van der Waals surface area contributed by atoms with Gasteiger partial charge in [0.2, 0.25) is 10.0 Å². The predicted molar refractivity (Wildman–Crippen MR) is 70.1 cm³/mol. The van der Waals surface area contributed by atoms with Gasteiger partial charge in [-0.2, -0.15) is 5.10 Å². The molecule has 3 N–H and O–H groups in total. The second-order valence-electron chi connectivity index (χ2n) is 4.57. The quantitative estimate of drug-likeness (QED) is 0.748. The molecule has 2 heterocycles. The maximum absolute atomic E-state index is 12.0. The van der Waals surface area contributed by atoms with Crippen LogP contribution in [0.2, 0.25) is 0 Å². The molecule has 1 atom stereocenters. The topological polar surface area (TPSA) is 99.2 Å². The first kappa shape index (κ1) is 14.4. The molecule has 7 nitrogen and oxygen atoms in total. The van der Waals surface area contributed by atoms with Crippen LogP contribution in [-0.4, -0.2) is 44.0 Å². The first-order chi connectivity index (χ1) is 9.12. The zero-order valence-electron chi connectivity index (χ0n) is 10.8. The van der Waals surface area contributed by atoms with Gasteiger partial charge in [-0.25, -0.2) is 13.1 Å². The van der Waals surface area contributed by atoms with E-state index in [0.29, 0.717) is 26.2 Å². The van der Waals surface area contributed by atoms with Crippen molar-refractivity contribution < 1.29 is 13.2 Å². The lowest BCUT2D eigenvalue weighted by molar-refractivity contribution is 0.0200. The molecule has 1 aromatic rings. The first-order valence-corrected chi connectivity index (χ1v) is 7.94. The molecular formula is C11H20N4O3S. The van der Waals surface area contributed by atoms with Crippen molar-refractivity contribution in [3.05, 3.63) is 12.4 Å². The number of hydrogen-bond acceptors (Lipinski definition) is 5. The Morgan fingerprint density at radius 2 is 2.37 bits per heavy atom. The SMILES string of the molecule is NCCn1cc(S(=O)(=O)NCC2CCCCO2)cn1. The Labute approximate surface area is 113 Å². The van der Waals surface area contributed by atoms with Gasteiger partial charge in [0.05, 0.1) is 18.8 Å². The molecule has 1 fully saturated rings. The van der Waals surface area contributed by atoms with Crippen LogP contribution in [0.3, 0.4) is 0 Å². The normalized spacial score (nSPS) is 20.6. The third-order valence-electron chi connectivity index (χ3n) is 3.05. The van der Waals surface area contributed by atoms with Gasteiger partial charge in [-0.05, 0) is 19.3 Å². The van der Waals surface area contributed by atoms with E-state index < -0.39 is 10.0 Å². The second kappa shape index (κ2) is 6.47. The summed E-state index contributed by atoms with van der Waals surface area (Å²) in [5, 5.41) is 3.95. The highest BCUT2D eigenvalue weighted by atomic mass is 32.2. The van der Waals surface area contributed by atoms with Crippen LogP contribution in [0.1, 0.15) is 19.3 Å². The molecule has 1 saturated heterocycles. The van der Waals surface area contributed by atoms with E-state index in [-0.39, 0.29) is 11.0 Å². The Hall–Kier alpha value is -0.960. The van der Waals surface area contributed by atoms with Gasteiger partial charge in [0.1, 0.15) is 4.90 Å². The van der Waals surface area contributed by atoms with Gasteiger partial charge in [0.25, 0.3) is 0 Å². The van der Waals surface area contributed by atoms with Crippen molar-refractivity contribution in [2.75, 3.05) is 19.7 Å². The summed E-state index contributed by atoms with van der Waals surface area (Å²) in [7, 11) is -3.51. The molecule has 0 spiro atoms. The third kappa shape index (κ3) is 4.00. The zero-order chi connectivity index (χ0) is 13.7. The Kier molecular flexibility index (Phi) is 4.92. The van der Waals surface area contributed by atoms with E-state index in [1.807, 2.05) is 0 Å². The van der Waals surface area contributed by atoms with Crippen LogP contribution in [0.4, 0.5) is 0 Å². The van der Waals surface area contributed by atoms with E-state index in [0.717, 1.165) is 19.3 Å². The monoisotopic (exact) mass is 288 g/mol. The van der Waals surface area contributed by atoms with Crippen LogP contribution in [-0.2, 0) is 21.3 Å². The fourth-order valence-corrected chi connectivity index (χ4v) is 3.01. The molecule has 0 aliphatic carbocycles. The molecule has 0 amide bonds. The molecule has 1 aromatic heterocycles. The second-order valence-corrected chi connectivity index (χ2v) is 6.34. The van der Waals surface area contributed by atoms with Gasteiger partial charge in [-0.1, -0.05) is 0 Å². The van der Waals surface area contributed by atoms with Crippen molar-refractivity contribution in [1.82, 2.24) is 14.5 Å². The molecule has 2 rings (SSSR count). The summed E-state index contributed by atoms with van der Waals surface area (Å²) in [6.07, 6.45) is 5.82. The van der Waals surface area contributed by atoms with Crippen molar-refractivity contribution in [3.63, 3.8) is 0 Å². The summed E-state index contributed by atoms with van der Waals surface area (Å²) >= 11 is 0. The summed E-state index contributed by atoms with van der Waals surface area (Å²) in [5.74, 6) is 0. The molecule has 0 radical (unpaired) electrons. The molecule has 19 heavy (non-hydrogen) atoms. The van der Waals surface area contributed by atoms with E-state index >= 15 is 0 Å². The molecule has 0 aromatic carbocycles. The van der Waals surface area contributed by atoms with Crippen LogP contribution >= 0.6 is 0 Å². The minimum absolute atomic E-state index is 0.0254. The van der Waals surface area contributed by atoms with Crippen LogP contribution in [0.25, 0.3) is 0 Å². The maximum atomic E-state index is 12.0. The van der Waals surface area contributed by atoms with Crippen molar-refractivity contribution in [2.45, 2.75) is 36.8 Å². The summed E-state index contributed by atoms with van der Waals surface area (Å²) in [6, 6.07) is 0. The van der Waals surface area contributed by atoms with E-state index in [1.54, 1.807) is 0 Å². The number of aromatic nitrogens is 2. The fourth-order valence-electron chi connectivity index (χ4n) is 1.99. The van der Waals surface area contributed by atoms with Crippen LogP contribution < -0.4 is 10.5 Å². The predicted octanol–water partition coefficient (Wildman–Crippen LogP) is -0.311.